The molecule has 0 aliphatic carbocycles. The van der Waals surface area contributed by atoms with E-state index in [2.05, 4.69) is 11.4 Å². The summed E-state index contributed by atoms with van der Waals surface area (Å²) in [5.74, 6) is 0.963. The number of carbonyl (C=O) groups is 2. The first kappa shape index (κ1) is 24.6. The monoisotopic (exact) mass is 493 g/mol. The van der Waals surface area contributed by atoms with Crippen molar-refractivity contribution in [2.24, 2.45) is 0 Å². The van der Waals surface area contributed by atoms with Crippen LogP contribution >= 0.6 is 11.6 Å². The minimum absolute atomic E-state index is 0.0563. The molecule has 1 aliphatic rings. The number of carbonyl (C=O) groups excluding carboxylic acids is 2. The molecule has 0 spiro atoms. The molecule has 182 valence electrons. The number of anilines is 1. The van der Waals surface area contributed by atoms with Crippen molar-refractivity contribution in [2.45, 2.75) is 26.8 Å². The molecule has 0 atom stereocenters. The zero-order chi connectivity index (χ0) is 24.9. The Balaban J connectivity index is 1.41. The lowest BCUT2D eigenvalue weighted by Crippen LogP contribution is -2.38. The van der Waals surface area contributed by atoms with Gasteiger partial charge in [0, 0.05) is 42.5 Å². The van der Waals surface area contributed by atoms with Gasteiger partial charge in [0.2, 0.25) is 5.91 Å². The molecule has 1 saturated heterocycles. The number of hydrogen-bond acceptors (Lipinski definition) is 5. The van der Waals surface area contributed by atoms with Crippen LogP contribution in [0, 0.1) is 25.2 Å². The number of halogens is 1. The molecule has 0 unspecified atom stereocenters. The molecule has 0 saturated carbocycles. The van der Waals surface area contributed by atoms with Gasteiger partial charge in [0.05, 0.1) is 24.9 Å². The number of aromatic nitrogens is 1. The third-order valence-corrected chi connectivity index (χ3v) is 6.64. The molecule has 0 bridgehead atoms. The van der Waals surface area contributed by atoms with Crippen molar-refractivity contribution in [3.8, 4) is 6.07 Å². The van der Waals surface area contributed by atoms with Gasteiger partial charge in [0.25, 0.3) is 5.91 Å². The van der Waals surface area contributed by atoms with Crippen LogP contribution in [-0.4, -0.2) is 58.9 Å². The quantitative estimate of drug-likeness (QED) is 0.559. The Morgan fingerprint density at radius 2 is 1.97 bits per heavy atom. The van der Waals surface area contributed by atoms with Crippen LogP contribution < -0.4 is 5.32 Å². The molecule has 8 nitrogen and oxygen atoms in total. The zero-order valence-corrected chi connectivity index (χ0v) is 20.6. The second kappa shape index (κ2) is 10.8. The van der Waals surface area contributed by atoms with Gasteiger partial charge in [-0.25, -0.2) is 0 Å². The predicted molar refractivity (Wildman–Crippen MR) is 133 cm³/mol. The molecule has 1 fully saturated rings. The Bertz CT molecular complexity index is 1260. The van der Waals surface area contributed by atoms with Gasteiger partial charge >= 0.3 is 0 Å². The Morgan fingerprint density at radius 3 is 2.69 bits per heavy atom. The first-order chi connectivity index (χ1) is 16.9. The van der Waals surface area contributed by atoms with Crippen molar-refractivity contribution in [2.75, 3.05) is 38.0 Å². The lowest BCUT2D eigenvalue weighted by Gasteiger charge is -2.22. The first-order valence-corrected chi connectivity index (χ1v) is 11.9. The highest BCUT2D eigenvalue weighted by Gasteiger charge is 2.24. The molecule has 2 aromatic heterocycles. The van der Waals surface area contributed by atoms with Crippen molar-refractivity contribution in [1.29, 1.82) is 5.26 Å². The van der Waals surface area contributed by atoms with Crippen molar-refractivity contribution in [1.82, 2.24) is 14.4 Å². The van der Waals surface area contributed by atoms with E-state index in [1.165, 1.54) is 0 Å². The average molecular weight is 494 g/mol. The van der Waals surface area contributed by atoms with E-state index >= 15 is 0 Å². The Labute approximate surface area is 209 Å². The summed E-state index contributed by atoms with van der Waals surface area (Å²) in [7, 11) is 0. The third-order valence-electron chi connectivity index (χ3n) is 6.41. The number of nitriles is 1. The minimum atomic E-state index is -0.200. The summed E-state index contributed by atoms with van der Waals surface area (Å²) < 4.78 is 7.38. The number of furan rings is 1. The molecule has 9 heteroatoms. The van der Waals surface area contributed by atoms with Crippen LogP contribution in [0.3, 0.4) is 0 Å². The fourth-order valence-corrected chi connectivity index (χ4v) is 4.59. The van der Waals surface area contributed by atoms with Gasteiger partial charge in [-0.05, 0) is 56.2 Å². The highest BCUT2D eigenvalue weighted by atomic mass is 35.5. The number of rotatable bonds is 6. The van der Waals surface area contributed by atoms with Crippen molar-refractivity contribution in [3.05, 3.63) is 75.8 Å². The lowest BCUT2D eigenvalue weighted by atomic mass is 10.2. The number of hydrogen-bond donors (Lipinski definition) is 1. The van der Waals surface area contributed by atoms with E-state index in [0.29, 0.717) is 54.7 Å². The van der Waals surface area contributed by atoms with Crippen molar-refractivity contribution in [3.63, 3.8) is 0 Å². The average Bonchev–Trinajstić information content (AvgIpc) is 3.34. The summed E-state index contributed by atoms with van der Waals surface area (Å²) in [6.45, 7) is 6.81. The standard InChI is InChI=1S/C26H28ClN5O3/c1-18-19(2)32(16-22-8-4-13-35-22)25(23(18)15-28)29-24(33)17-30-9-5-10-31(12-11-30)26(34)20-6-3-7-21(27)14-20/h3-4,6-8,13-14H,5,9-12,16-17H2,1-2H3,(H,29,33). The van der Waals surface area contributed by atoms with E-state index < -0.39 is 0 Å². The highest BCUT2D eigenvalue weighted by molar-refractivity contribution is 6.30. The summed E-state index contributed by atoms with van der Waals surface area (Å²) in [4.78, 5) is 29.7. The van der Waals surface area contributed by atoms with Crippen molar-refractivity contribution < 1.29 is 14.0 Å². The zero-order valence-electron chi connectivity index (χ0n) is 19.9. The maximum atomic E-state index is 13.0. The van der Waals surface area contributed by atoms with Gasteiger partial charge in [-0.1, -0.05) is 17.7 Å². The summed E-state index contributed by atoms with van der Waals surface area (Å²) in [6, 6.07) is 12.8. The van der Waals surface area contributed by atoms with E-state index in [4.69, 9.17) is 16.0 Å². The third kappa shape index (κ3) is 5.59. The molecule has 35 heavy (non-hydrogen) atoms. The molecule has 0 radical (unpaired) electrons. The van der Waals surface area contributed by atoms with Gasteiger partial charge < -0.3 is 19.2 Å². The Hall–Kier alpha value is -3.54. The van der Waals surface area contributed by atoms with Crippen LogP contribution in [0.15, 0.2) is 47.1 Å². The molecular formula is C26H28ClN5O3. The predicted octanol–water partition coefficient (Wildman–Crippen LogP) is 4.06. The van der Waals surface area contributed by atoms with Gasteiger partial charge in [-0.2, -0.15) is 5.26 Å². The molecule has 1 N–H and O–H groups in total. The molecule has 1 aromatic carbocycles. The largest absolute Gasteiger partial charge is 0.467 e. The van der Waals surface area contributed by atoms with Crippen LogP contribution in [0.5, 0.6) is 0 Å². The number of nitrogens with zero attached hydrogens (tertiary/aromatic N) is 4. The first-order valence-electron chi connectivity index (χ1n) is 11.6. The van der Waals surface area contributed by atoms with Crippen LogP contribution in [0.25, 0.3) is 0 Å². The molecule has 1 aliphatic heterocycles. The SMILES string of the molecule is Cc1c(C#N)c(NC(=O)CN2CCCN(C(=O)c3cccc(Cl)c3)CC2)n(Cc2ccco2)c1C. The van der Waals surface area contributed by atoms with Crippen LogP contribution in [0.1, 0.15) is 39.4 Å². The van der Waals surface area contributed by atoms with Gasteiger partial charge in [0.1, 0.15) is 17.6 Å². The van der Waals surface area contributed by atoms with Crippen LogP contribution in [0.4, 0.5) is 5.82 Å². The minimum Gasteiger partial charge on any atom is -0.467 e. The number of amides is 2. The van der Waals surface area contributed by atoms with Crippen molar-refractivity contribution >= 4 is 29.2 Å². The summed E-state index contributed by atoms with van der Waals surface area (Å²) >= 11 is 6.04. The Morgan fingerprint density at radius 1 is 1.14 bits per heavy atom. The second-order valence-electron chi connectivity index (χ2n) is 8.69. The fraction of sp³-hybridized carbons (Fsp3) is 0.346. The normalized spacial score (nSPS) is 14.4. The number of nitrogens with one attached hydrogen (secondary N) is 1. The van der Waals surface area contributed by atoms with Gasteiger partial charge in [-0.15, -0.1) is 0 Å². The maximum absolute atomic E-state index is 13.0. The Kier molecular flexibility index (Phi) is 7.59. The lowest BCUT2D eigenvalue weighted by molar-refractivity contribution is -0.117. The maximum Gasteiger partial charge on any atom is 0.253 e. The van der Waals surface area contributed by atoms with Crippen LogP contribution in [0.2, 0.25) is 5.02 Å². The molecule has 4 rings (SSSR count). The number of benzene rings is 1. The smallest absolute Gasteiger partial charge is 0.253 e. The summed E-state index contributed by atoms with van der Waals surface area (Å²) in [5, 5.41) is 13.2. The van der Waals surface area contributed by atoms with Gasteiger partial charge in [-0.3, -0.25) is 14.5 Å². The van der Waals surface area contributed by atoms with E-state index in [-0.39, 0.29) is 18.4 Å². The molecule has 2 amide bonds. The highest BCUT2D eigenvalue weighted by Crippen LogP contribution is 2.27. The summed E-state index contributed by atoms with van der Waals surface area (Å²) in [6.07, 6.45) is 2.36. The summed E-state index contributed by atoms with van der Waals surface area (Å²) in [5.41, 5.74) is 2.75. The second-order valence-corrected chi connectivity index (χ2v) is 9.13. The molecular weight excluding hydrogens is 466 g/mol. The topological polar surface area (TPSA) is 94.5 Å². The molecule has 3 aromatic rings. The van der Waals surface area contributed by atoms with E-state index in [0.717, 1.165) is 23.4 Å². The fourth-order valence-electron chi connectivity index (χ4n) is 4.40. The van der Waals surface area contributed by atoms with E-state index in [9.17, 15) is 14.9 Å². The van der Waals surface area contributed by atoms with E-state index in [1.54, 1.807) is 35.4 Å². The molecule has 3 heterocycles. The van der Waals surface area contributed by atoms with Gasteiger partial charge in [0.15, 0.2) is 0 Å². The van der Waals surface area contributed by atoms with Crippen LogP contribution in [-0.2, 0) is 11.3 Å². The van der Waals surface area contributed by atoms with E-state index in [1.807, 2.05) is 35.4 Å².